The third-order valence-corrected chi connectivity index (χ3v) is 5.35. The number of hydrogen-bond donors (Lipinski definition) is 1. The van der Waals surface area contributed by atoms with Crippen LogP contribution in [0.3, 0.4) is 0 Å². The predicted molar refractivity (Wildman–Crippen MR) is 111 cm³/mol. The van der Waals surface area contributed by atoms with Gasteiger partial charge in [-0.25, -0.2) is 9.97 Å². The maximum atomic E-state index is 12.8. The van der Waals surface area contributed by atoms with E-state index in [0.717, 1.165) is 35.4 Å². The standard InChI is InChI=1S/C21H22ClN5O/c22-16-7-5-15(6-8-16)13-18(23)21(28)27-11-9-26(10-12-27)20-17-3-1-2-4-19(17)24-14-25-20/h1-8,14,18H,9-13,23H2. The molecule has 1 atom stereocenters. The van der Waals surface area contributed by atoms with E-state index in [9.17, 15) is 4.79 Å². The number of para-hydroxylation sites is 1. The number of carbonyl (C=O) groups is 1. The molecule has 1 aromatic heterocycles. The van der Waals surface area contributed by atoms with Gasteiger partial charge >= 0.3 is 0 Å². The normalized spacial score (nSPS) is 15.6. The highest BCUT2D eigenvalue weighted by Crippen LogP contribution is 2.23. The fraction of sp³-hybridized carbons (Fsp3) is 0.286. The molecule has 4 rings (SSSR count). The maximum absolute atomic E-state index is 12.8. The van der Waals surface area contributed by atoms with Crippen LogP contribution in [0.2, 0.25) is 5.02 Å². The zero-order chi connectivity index (χ0) is 19.5. The van der Waals surface area contributed by atoms with Crippen LogP contribution in [0.4, 0.5) is 5.82 Å². The number of benzene rings is 2. The Hall–Kier alpha value is -2.70. The summed E-state index contributed by atoms with van der Waals surface area (Å²) in [6.45, 7) is 2.71. The minimum Gasteiger partial charge on any atom is -0.352 e. The number of piperazine rings is 1. The Labute approximate surface area is 168 Å². The van der Waals surface area contributed by atoms with Crippen molar-refractivity contribution in [2.75, 3.05) is 31.1 Å². The molecule has 1 aliphatic rings. The molecule has 7 heteroatoms. The molecule has 0 aliphatic carbocycles. The van der Waals surface area contributed by atoms with Gasteiger partial charge in [-0.15, -0.1) is 0 Å². The van der Waals surface area contributed by atoms with Gasteiger partial charge in [0.2, 0.25) is 5.91 Å². The Morgan fingerprint density at radius 3 is 2.50 bits per heavy atom. The number of hydrogen-bond acceptors (Lipinski definition) is 5. The van der Waals surface area contributed by atoms with Gasteiger partial charge in [0.05, 0.1) is 11.6 Å². The Balaban J connectivity index is 1.39. The number of nitrogens with two attached hydrogens (primary N) is 1. The predicted octanol–water partition coefficient (Wildman–Crippen LogP) is 2.50. The van der Waals surface area contributed by atoms with E-state index in [1.54, 1.807) is 6.33 Å². The van der Waals surface area contributed by atoms with E-state index in [1.165, 1.54) is 0 Å². The van der Waals surface area contributed by atoms with Crippen LogP contribution < -0.4 is 10.6 Å². The number of halogens is 1. The summed E-state index contributed by atoms with van der Waals surface area (Å²) in [5, 5.41) is 1.71. The lowest BCUT2D eigenvalue weighted by Crippen LogP contribution is -2.53. The van der Waals surface area contributed by atoms with Gasteiger partial charge < -0.3 is 15.5 Å². The van der Waals surface area contributed by atoms with E-state index in [-0.39, 0.29) is 5.91 Å². The molecule has 1 fully saturated rings. The van der Waals surface area contributed by atoms with E-state index in [4.69, 9.17) is 17.3 Å². The number of carbonyl (C=O) groups excluding carboxylic acids is 1. The second-order valence-corrected chi connectivity index (χ2v) is 7.40. The number of amides is 1. The first kappa shape index (κ1) is 18.7. The van der Waals surface area contributed by atoms with Gasteiger partial charge in [0, 0.05) is 36.6 Å². The third-order valence-electron chi connectivity index (χ3n) is 5.10. The molecule has 1 unspecified atom stereocenters. The second-order valence-electron chi connectivity index (χ2n) is 6.96. The molecular weight excluding hydrogens is 374 g/mol. The van der Waals surface area contributed by atoms with E-state index in [1.807, 2.05) is 53.4 Å². The summed E-state index contributed by atoms with van der Waals surface area (Å²) < 4.78 is 0. The first-order chi connectivity index (χ1) is 13.6. The minimum atomic E-state index is -0.549. The fourth-order valence-corrected chi connectivity index (χ4v) is 3.70. The van der Waals surface area contributed by atoms with E-state index < -0.39 is 6.04 Å². The Morgan fingerprint density at radius 1 is 1.04 bits per heavy atom. The SMILES string of the molecule is NC(Cc1ccc(Cl)cc1)C(=O)N1CCN(c2ncnc3ccccc23)CC1. The summed E-state index contributed by atoms with van der Waals surface area (Å²) in [6, 6.07) is 14.9. The Kier molecular flexibility index (Phi) is 5.41. The molecule has 0 saturated carbocycles. The molecule has 0 radical (unpaired) electrons. The Bertz CT molecular complexity index is 965. The summed E-state index contributed by atoms with van der Waals surface area (Å²) in [5.41, 5.74) is 8.12. The van der Waals surface area contributed by atoms with Crippen LogP contribution in [0.15, 0.2) is 54.9 Å². The van der Waals surface area contributed by atoms with Crippen molar-refractivity contribution >= 4 is 34.2 Å². The molecule has 28 heavy (non-hydrogen) atoms. The number of anilines is 1. The van der Waals surface area contributed by atoms with Crippen molar-refractivity contribution < 1.29 is 4.79 Å². The second kappa shape index (κ2) is 8.12. The van der Waals surface area contributed by atoms with E-state index in [2.05, 4.69) is 14.9 Å². The number of rotatable bonds is 4. The number of aromatic nitrogens is 2. The molecule has 144 valence electrons. The lowest BCUT2D eigenvalue weighted by Gasteiger charge is -2.36. The van der Waals surface area contributed by atoms with Gasteiger partial charge in [-0.1, -0.05) is 35.9 Å². The molecular formula is C21H22ClN5O. The van der Waals surface area contributed by atoms with Gasteiger partial charge in [-0.05, 0) is 36.2 Å². The molecule has 3 aromatic rings. The van der Waals surface area contributed by atoms with Crippen LogP contribution in [0, 0.1) is 0 Å². The van der Waals surface area contributed by atoms with Crippen LogP contribution in [-0.2, 0) is 11.2 Å². The summed E-state index contributed by atoms with van der Waals surface area (Å²) in [6.07, 6.45) is 2.10. The molecule has 2 N–H and O–H groups in total. The lowest BCUT2D eigenvalue weighted by atomic mass is 10.1. The van der Waals surface area contributed by atoms with Gasteiger partial charge in [0.15, 0.2) is 0 Å². The van der Waals surface area contributed by atoms with Gasteiger partial charge in [0.1, 0.15) is 12.1 Å². The summed E-state index contributed by atoms with van der Waals surface area (Å²) >= 11 is 5.91. The van der Waals surface area contributed by atoms with Crippen LogP contribution in [0.25, 0.3) is 10.9 Å². The molecule has 0 bridgehead atoms. The fourth-order valence-electron chi connectivity index (χ4n) is 3.58. The summed E-state index contributed by atoms with van der Waals surface area (Å²) in [4.78, 5) is 25.6. The average Bonchev–Trinajstić information content (AvgIpc) is 2.74. The smallest absolute Gasteiger partial charge is 0.239 e. The Morgan fingerprint density at radius 2 is 1.75 bits per heavy atom. The highest BCUT2D eigenvalue weighted by molar-refractivity contribution is 6.30. The first-order valence-electron chi connectivity index (χ1n) is 9.35. The van der Waals surface area contributed by atoms with Crippen molar-refractivity contribution in [2.24, 2.45) is 5.73 Å². The maximum Gasteiger partial charge on any atom is 0.239 e. The van der Waals surface area contributed by atoms with Crippen molar-refractivity contribution in [3.63, 3.8) is 0 Å². The topological polar surface area (TPSA) is 75.4 Å². The van der Waals surface area contributed by atoms with Gasteiger partial charge in [-0.3, -0.25) is 4.79 Å². The van der Waals surface area contributed by atoms with Crippen LogP contribution >= 0.6 is 11.6 Å². The van der Waals surface area contributed by atoms with Crippen molar-refractivity contribution in [1.29, 1.82) is 0 Å². The highest BCUT2D eigenvalue weighted by atomic mass is 35.5. The number of nitrogens with zero attached hydrogens (tertiary/aromatic N) is 4. The number of fused-ring (bicyclic) bond motifs is 1. The zero-order valence-electron chi connectivity index (χ0n) is 15.5. The molecule has 2 aromatic carbocycles. The molecule has 1 saturated heterocycles. The average molecular weight is 396 g/mol. The zero-order valence-corrected chi connectivity index (χ0v) is 16.2. The molecule has 1 amide bonds. The van der Waals surface area contributed by atoms with Gasteiger partial charge in [-0.2, -0.15) is 0 Å². The van der Waals surface area contributed by atoms with E-state index in [0.29, 0.717) is 24.5 Å². The molecule has 0 spiro atoms. The minimum absolute atomic E-state index is 0.0119. The van der Waals surface area contributed by atoms with E-state index >= 15 is 0 Å². The highest BCUT2D eigenvalue weighted by Gasteiger charge is 2.26. The lowest BCUT2D eigenvalue weighted by molar-refractivity contribution is -0.132. The van der Waals surface area contributed by atoms with Crippen molar-refractivity contribution in [3.8, 4) is 0 Å². The monoisotopic (exact) mass is 395 g/mol. The largest absolute Gasteiger partial charge is 0.352 e. The quantitative estimate of drug-likeness (QED) is 0.734. The van der Waals surface area contributed by atoms with Crippen molar-refractivity contribution in [3.05, 3.63) is 65.4 Å². The van der Waals surface area contributed by atoms with Gasteiger partial charge in [0.25, 0.3) is 0 Å². The van der Waals surface area contributed by atoms with Crippen LogP contribution in [0.1, 0.15) is 5.56 Å². The van der Waals surface area contributed by atoms with Crippen LogP contribution in [0.5, 0.6) is 0 Å². The molecule has 1 aliphatic heterocycles. The third kappa shape index (κ3) is 3.93. The van der Waals surface area contributed by atoms with Crippen molar-refractivity contribution in [1.82, 2.24) is 14.9 Å². The first-order valence-corrected chi connectivity index (χ1v) is 9.73. The van der Waals surface area contributed by atoms with Crippen LogP contribution in [-0.4, -0.2) is 53.0 Å². The van der Waals surface area contributed by atoms with Crippen molar-refractivity contribution in [2.45, 2.75) is 12.5 Å². The molecule has 2 heterocycles. The summed E-state index contributed by atoms with van der Waals surface area (Å²) in [7, 11) is 0. The molecule has 6 nitrogen and oxygen atoms in total. The summed E-state index contributed by atoms with van der Waals surface area (Å²) in [5.74, 6) is 0.908.